The van der Waals surface area contributed by atoms with Gasteiger partial charge < -0.3 is 5.11 Å². The molecule has 0 aromatic heterocycles. The van der Waals surface area contributed by atoms with Crippen LogP contribution in [-0.2, 0) is 4.79 Å². The molecule has 1 rings (SSSR count). The van der Waals surface area contributed by atoms with Gasteiger partial charge in [0.1, 0.15) is 0 Å². The highest BCUT2D eigenvalue weighted by Crippen LogP contribution is 2.36. The molecule has 15 heavy (non-hydrogen) atoms. The van der Waals surface area contributed by atoms with Gasteiger partial charge in [0, 0.05) is 11.0 Å². The highest BCUT2D eigenvalue weighted by molar-refractivity contribution is 7.99. The summed E-state index contributed by atoms with van der Waals surface area (Å²) < 4.78 is 0. The molecule has 0 saturated heterocycles. The second kappa shape index (κ2) is 5.78. The largest absolute Gasteiger partial charge is 0.481 e. The van der Waals surface area contributed by atoms with Gasteiger partial charge in [-0.1, -0.05) is 20.8 Å². The molecule has 4 atom stereocenters. The molecule has 0 aromatic carbocycles. The third-order valence-corrected chi connectivity index (χ3v) is 5.15. The molecular weight excluding hydrogens is 208 g/mol. The average Bonchev–Trinajstić information content (AvgIpc) is 2.19. The summed E-state index contributed by atoms with van der Waals surface area (Å²) in [7, 11) is 0. The summed E-state index contributed by atoms with van der Waals surface area (Å²) in [6.45, 7) is 6.44. The summed E-state index contributed by atoms with van der Waals surface area (Å²) in [5.41, 5.74) is 0. The zero-order valence-corrected chi connectivity index (χ0v) is 10.7. The maximum Gasteiger partial charge on any atom is 0.307 e. The van der Waals surface area contributed by atoms with Crippen LogP contribution in [0.15, 0.2) is 0 Å². The van der Waals surface area contributed by atoms with E-state index in [0.717, 1.165) is 17.6 Å². The summed E-state index contributed by atoms with van der Waals surface area (Å²) in [6, 6.07) is 0. The van der Waals surface area contributed by atoms with E-state index in [9.17, 15) is 4.79 Å². The van der Waals surface area contributed by atoms with Crippen molar-refractivity contribution in [3.63, 3.8) is 0 Å². The minimum absolute atomic E-state index is 0.204. The maximum absolute atomic E-state index is 10.7. The van der Waals surface area contributed by atoms with Crippen LogP contribution in [0.4, 0.5) is 0 Å². The van der Waals surface area contributed by atoms with Gasteiger partial charge >= 0.3 is 5.97 Å². The van der Waals surface area contributed by atoms with Gasteiger partial charge in [-0.05, 0) is 31.1 Å². The van der Waals surface area contributed by atoms with Crippen LogP contribution in [-0.4, -0.2) is 22.1 Å². The Hall–Kier alpha value is -0.180. The van der Waals surface area contributed by atoms with Gasteiger partial charge in [-0.25, -0.2) is 0 Å². The molecule has 1 aliphatic carbocycles. The van der Waals surface area contributed by atoms with E-state index in [0.29, 0.717) is 5.25 Å². The number of carbonyl (C=O) groups is 1. The van der Waals surface area contributed by atoms with E-state index in [4.69, 9.17) is 5.11 Å². The Morgan fingerprint density at radius 3 is 2.60 bits per heavy atom. The molecule has 0 amide bonds. The monoisotopic (exact) mass is 230 g/mol. The lowest BCUT2D eigenvalue weighted by Crippen LogP contribution is -2.24. The zero-order valence-electron chi connectivity index (χ0n) is 9.90. The lowest BCUT2D eigenvalue weighted by atomic mass is 9.81. The SMILES string of the molecule is CC(CSC1CCC(C)C(C)C1)C(=O)O. The molecule has 3 heteroatoms. The van der Waals surface area contributed by atoms with Crippen molar-refractivity contribution in [1.82, 2.24) is 0 Å². The molecule has 1 N–H and O–H groups in total. The smallest absolute Gasteiger partial charge is 0.307 e. The predicted molar refractivity (Wildman–Crippen MR) is 65.2 cm³/mol. The van der Waals surface area contributed by atoms with Crippen molar-refractivity contribution >= 4 is 17.7 Å². The second-order valence-corrected chi connectivity index (χ2v) is 6.30. The van der Waals surface area contributed by atoms with Crippen LogP contribution in [0.2, 0.25) is 0 Å². The summed E-state index contributed by atoms with van der Waals surface area (Å²) in [5.74, 6) is 1.54. The number of carboxylic acid groups (broad SMARTS) is 1. The standard InChI is InChI=1S/C12H22O2S/c1-8-4-5-11(6-9(8)2)15-7-10(3)12(13)14/h8-11H,4-7H2,1-3H3,(H,13,14). The molecule has 0 bridgehead atoms. The fourth-order valence-corrected chi connectivity index (χ4v) is 3.45. The molecule has 0 aliphatic heterocycles. The molecule has 0 spiro atoms. The molecule has 0 heterocycles. The van der Waals surface area contributed by atoms with E-state index >= 15 is 0 Å². The van der Waals surface area contributed by atoms with Crippen molar-refractivity contribution in [2.45, 2.75) is 45.3 Å². The Kier molecular flexibility index (Phi) is 4.97. The Balaban J connectivity index is 2.25. The van der Waals surface area contributed by atoms with E-state index < -0.39 is 5.97 Å². The highest BCUT2D eigenvalue weighted by atomic mass is 32.2. The highest BCUT2D eigenvalue weighted by Gasteiger charge is 2.25. The van der Waals surface area contributed by atoms with Crippen molar-refractivity contribution in [3.8, 4) is 0 Å². The summed E-state index contributed by atoms with van der Waals surface area (Å²) >= 11 is 1.86. The quantitative estimate of drug-likeness (QED) is 0.805. The molecule has 4 unspecified atom stereocenters. The first-order valence-electron chi connectivity index (χ1n) is 5.85. The van der Waals surface area contributed by atoms with Crippen LogP contribution in [0.25, 0.3) is 0 Å². The molecule has 1 aliphatic rings. The minimum Gasteiger partial charge on any atom is -0.481 e. The van der Waals surface area contributed by atoms with E-state index in [1.807, 2.05) is 11.8 Å². The van der Waals surface area contributed by atoms with E-state index in [1.54, 1.807) is 6.92 Å². The normalized spacial score (nSPS) is 33.7. The lowest BCUT2D eigenvalue weighted by molar-refractivity contribution is -0.140. The molecule has 1 fully saturated rings. The van der Waals surface area contributed by atoms with Crippen LogP contribution >= 0.6 is 11.8 Å². The Bertz CT molecular complexity index is 218. The van der Waals surface area contributed by atoms with Crippen molar-refractivity contribution in [1.29, 1.82) is 0 Å². The third kappa shape index (κ3) is 4.06. The van der Waals surface area contributed by atoms with Crippen molar-refractivity contribution in [2.24, 2.45) is 17.8 Å². The van der Waals surface area contributed by atoms with Gasteiger partial charge in [-0.3, -0.25) is 4.79 Å². The van der Waals surface area contributed by atoms with Crippen molar-refractivity contribution in [2.75, 3.05) is 5.75 Å². The first kappa shape index (κ1) is 12.9. The molecule has 88 valence electrons. The Morgan fingerprint density at radius 2 is 2.07 bits per heavy atom. The molecular formula is C12H22O2S. The minimum atomic E-state index is -0.667. The van der Waals surface area contributed by atoms with Crippen LogP contribution in [0, 0.1) is 17.8 Å². The number of hydrogen-bond donors (Lipinski definition) is 1. The number of carboxylic acids is 1. The topological polar surface area (TPSA) is 37.3 Å². The number of hydrogen-bond acceptors (Lipinski definition) is 2. The molecule has 0 radical (unpaired) electrons. The van der Waals surface area contributed by atoms with E-state index in [2.05, 4.69) is 13.8 Å². The molecule has 0 aromatic rings. The van der Waals surface area contributed by atoms with Gasteiger partial charge in [0.15, 0.2) is 0 Å². The number of rotatable bonds is 4. The van der Waals surface area contributed by atoms with Crippen molar-refractivity contribution < 1.29 is 9.90 Å². The van der Waals surface area contributed by atoms with Gasteiger partial charge in [0.25, 0.3) is 0 Å². The Morgan fingerprint density at radius 1 is 1.40 bits per heavy atom. The summed E-state index contributed by atoms with van der Waals surface area (Å²) in [6.07, 6.45) is 3.83. The lowest BCUT2D eigenvalue weighted by Gasteiger charge is -2.31. The van der Waals surface area contributed by atoms with Crippen LogP contribution < -0.4 is 0 Å². The van der Waals surface area contributed by atoms with Crippen LogP contribution in [0.3, 0.4) is 0 Å². The number of aliphatic carboxylic acids is 1. The first-order valence-corrected chi connectivity index (χ1v) is 6.90. The Labute approximate surface area is 96.8 Å². The number of thioether (sulfide) groups is 1. The second-order valence-electron chi connectivity index (χ2n) is 4.96. The average molecular weight is 230 g/mol. The van der Waals surface area contributed by atoms with Gasteiger partial charge in [-0.15, -0.1) is 0 Å². The summed E-state index contributed by atoms with van der Waals surface area (Å²) in [5, 5.41) is 9.48. The van der Waals surface area contributed by atoms with E-state index in [1.165, 1.54) is 19.3 Å². The van der Waals surface area contributed by atoms with Gasteiger partial charge in [0.05, 0.1) is 5.92 Å². The fourth-order valence-electron chi connectivity index (χ4n) is 2.00. The van der Waals surface area contributed by atoms with E-state index in [-0.39, 0.29) is 5.92 Å². The van der Waals surface area contributed by atoms with Crippen molar-refractivity contribution in [3.05, 3.63) is 0 Å². The maximum atomic E-state index is 10.7. The molecule has 1 saturated carbocycles. The first-order chi connectivity index (χ1) is 7.00. The zero-order chi connectivity index (χ0) is 11.4. The van der Waals surface area contributed by atoms with Crippen LogP contribution in [0.1, 0.15) is 40.0 Å². The van der Waals surface area contributed by atoms with Gasteiger partial charge in [-0.2, -0.15) is 11.8 Å². The fraction of sp³-hybridized carbons (Fsp3) is 0.917. The van der Waals surface area contributed by atoms with Gasteiger partial charge in [0.2, 0.25) is 0 Å². The predicted octanol–water partition coefficient (Wildman–Crippen LogP) is 3.27. The van der Waals surface area contributed by atoms with Crippen LogP contribution in [0.5, 0.6) is 0 Å². The third-order valence-electron chi connectivity index (χ3n) is 3.55. The summed E-state index contributed by atoms with van der Waals surface area (Å²) in [4.78, 5) is 10.7. The molecule has 2 nitrogen and oxygen atoms in total.